The number of rotatable bonds is 4. The molecule has 1 aliphatic rings. The van der Waals surface area contributed by atoms with Crippen molar-refractivity contribution < 1.29 is 19.1 Å². The molecule has 5 heteroatoms. The molecule has 2 unspecified atom stereocenters. The predicted octanol–water partition coefficient (Wildman–Crippen LogP) is 0.114. The molecule has 0 aliphatic carbocycles. The van der Waals surface area contributed by atoms with Crippen molar-refractivity contribution in [2.75, 3.05) is 26.8 Å². The van der Waals surface area contributed by atoms with Crippen molar-refractivity contribution in [3.05, 3.63) is 12.7 Å². The molecule has 0 spiro atoms. The van der Waals surface area contributed by atoms with E-state index < -0.39 is 11.8 Å². The van der Waals surface area contributed by atoms with Crippen LogP contribution < -0.4 is 5.32 Å². The Balaban J connectivity index is 2.62. The highest BCUT2D eigenvalue weighted by molar-refractivity contribution is 5.82. The Hall–Kier alpha value is -1.36. The molecule has 16 heavy (non-hydrogen) atoms. The molecule has 5 nitrogen and oxygen atoms in total. The second-order valence-corrected chi connectivity index (χ2v) is 3.65. The van der Waals surface area contributed by atoms with Gasteiger partial charge in [0.25, 0.3) is 0 Å². The highest BCUT2D eigenvalue weighted by atomic mass is 16.5. The third-order valence-corrected chi connectivity index (χ3v) is 2.63. The van der Waals surface area contributed by atoms with Crippen LogP contribution in [0.3, 0.4) is 0 Å². The third kappa shape index (κ3) is 3.06. The Morgan fingerprint density at radius 3 is 2.81 bits per heavy atom. The van der Waals surface area contributed by atoms with Gasteiger partial charge < -0.3 is 14.8 Å². The van der Waals surface area contributed by atoms with Gasteiger partial charge in [-0.25, -0.2) is 0 Å². The van der Waals surface area contributed by atoms with Gasteiger partial charge in [-0.05, 0) is 13.0 Å². The number of carbonyl (C=O) groups is 2. The van der Waals surface area contributed by atoms with Crippen molar-refractivity contribution in [3.63, 3.8) is 0 Å². The molecule has 90 valence electrons. The van der Waals surface area contributed by atoms with Gasteiger partial charge in [-0.15, -0.1) is 0 Å². The molecule has 0 aromatic rings. The molecule has 0 bridgehead atoms. The average Bonchev–Trinajstić information content (AvgIpc) is 2.35. The smallest absolute Gasteiger partial charge is 0.310 e. The number of nitrogens with one attached hydrogen (secondary N) is 1. The van der Waals surface area contributed by atoms with Gasteiger partial charge in [-0.3, -0.25) is 9.59 Å². The van der Waals surface area contributed by atoms with Gasteiger partial charge in [-0.1, -0.05) is 12.7 Å². The number of hydrogen-bond acceptors (Lipinski definition) is 5. The van der Waals surface area contributed by atoms with E-state index in [1.165, 1.54) is 13.2 Å². The minimum atomic E-state index is -0.448. The summed E-state index contributed by atoms with van der Waals surface area (Å²) in [5, 5.41) is 3.06. The van der Waals surface area contributed by atoms with Crippen LogP contribution in [-0.2, 0) is 19.1 Å². The van der Waals surface area contributed by atoms with Crippen LogP contribution in [0.2, 0.25) is 0 Å². The normalized spacial score (nSPS) is 24.6. The fraction of sp³-hybridized carbons (Fsp3) is 0.636. The van der Waals surface area contributed by atoms with E-state index in [4.69, 9.17) is 4.74 Å². The van der Waals surface area contributed by atoms with Crippen molar-refractivity contribution in [2.24, 2.45) is 11.8 Å². The molecule has 1 N–H and O–H groups in total. The molecular formula is C11H17NO4. The zero-order valence-corrected chi connectivity index (χ0v) is 9.40. The first-order chi connectivity index (χ1) is 7.70. The maximum Gasteiger partial charge on any atom is 0.310 e. The zero-order valence-electron chi connectivity index (χ0n) is 9.40. The van der Waals surface area contributed by atoms with Crippen LogP contribution in [0.5, 0.6) is 0 Å². The van der Waals surface area contributed by atoms with Gasteiger partial charge in [0.15, 0.2) is 0 Å². The Morgan fingerprint density at radius 2 is 2.19 bits per heavy atom. The summed E-state index contributed by atoms with van der Waals surface area (Å²) in [5.74, 6) is -1.57. The SMILES string of the molecule is C=CCOC(=O)C1CCNCC1C(=O)OC. The number of ether oxygens (including phenoxy) is 2. The quantitative estimate of drug-likeness (QED) is 0.545. The largest absolute Gasteiger partial charge is 0.469 e. The highest BCUT2D eigenvalue weighted by Crippen LogP contribution is 2.21. The van der Waals surface area contributed by atoms with Crippen molar-refractivity contribution >= 4 is 11.9 Å². The molecule has 1 fully saturated rings. The number of piperidine rings is 1. The first-order valence-corrected chi connectivity index (χ1v) is 5.26. The lowest BCUT2D eigenvalue weighted by atomic mass is 9.86. The van der Waals surface area contributed by atoms with E-state index >= 15 is 0 Å². The summed E-state index contributed by atoms with van der Waals surface area (Å²) in [4.78, 5) is 23.1. The summed E-state index contributed by atoms with van der Waals surface area (Å²) in [6, 6.07) is 0. The van der Waals surface area contributed by atoms with Crippen LogP contribution in [0.25, 0.3) is 0 Å². The van der Waals surface area contributed by atoms with Crippen LogP contribution in [-0.4, -0.2) is 38.7 Å². The summed E-state index contributed by atoms with van der Waals surface area (Å²) in [6.07, 6.45) is 2.10. The van der Waals surface area contributed by atoms with Gasteiger partial charge in [0, 0.05) is 6.54 Å². The van der Waals surface area contributed by atoms with Gasteiger partial charge in [0.05, 0.1) is 18.9 Å². The number of methoxy groups -OCH3 is 1. The van der Waals surface area contributed by atoms with Crippen LogP contribution in [0.4, 0.5) is 0 Å². The van der Waals surface area contributed by atoms with E-state index in [-0.39, 0.29) is 18.5 Å². The maximum atomic E-state index is 11.7. The second kappa shape index (κ2) is 6.27. The van der Waals surface area contributed by atoms with Gasteiger partial charge >= 0.3 is 11.9 Å². The van der Waals surface area contributed by atoms with E-state index in [0.717, 1.165) is 0 Å². The van der Waals surface area contributed by atoms with Crippen molar-refractivity contribution in [1.29, 1.82) is 0 Å². The lowest BCUT2D eigenvalue weighted by molar-refractivity contribution is -0.159. The molecule has 1 heterocycles. The fourth-order valence-electron chi connectivity index (χ4n) is 1.79. The average molecular weight is 227 g/mol. The summed E-state index contributed by atoms with van der Waals surface area (Å²) in [6.45, 7) is 4.81. The minimum Gasteiger partial charge on any atom is -0.469 e. The Bertz CT molecular complexity index is 277. The number of hydrogen-bond donors (Lipinski definition) is 1. The summed E-state index contributed by atoms with van der Waals surface area (Å²) < 4.78 is 9.63. The molecule has 0 radical (unpaired) electrons. The Labute approximate surface area is 94.8 Å². The molecule has 2 atom stereocenters. The molecule has 1 saturated heterocycles. The first kappa shape index (κ1) is 12.7. The van der Waals surface area contributed by atoms with E-state index in [2.05, 4.69) is 16.6 Å². The molecule has 0 aromatic carbocycles. The van der Waals surface area contributed by atoms with E-state index in [0.29, 0.717) is 19.5 Å². The van der Waals surface area contributed by atoms with Gasteiger partial charge in [0.1, 0.15) is 6.61 Å². The van der Waals surface area contributed by atoms with Gasteiger partial charge in [0.2, 0.25) is 0 Å². The van der Waals surface area contributed by atoms with E-state index in [1.807, 2.05) is 0 Å². The van der Waals surface area contributed by atoms with E-state index in [9.17, 15) is 9.59 Å². The zero-order chi connectivity index (χ0) is 12.0. The lowest BCUT2D eigenvalue weighted by Crippen LogP contribution is -2.45. The summed E-state index contributed by atoms with van der Waals surface area (Å²) in [7, 11) is 1.32. The van der Waals surface area contributed by atoms with Crippen LogP contribution in [0.15, 0.2) is 12.7 Å². The molecule has 0 saturated carbocycles. The minimum absolute atomic E-state index is 0.177. The molecule has 1 rings (SSSR count). The molecule has 1 aliphatic heterocycles. The van der Waals surface area contributed by atoms with Crippen molar-refractivity contribution in [2.45, 2.75) is 6.42 Å². The van der Waals surface area contributed by atoms with Crippen molar-refractivity contribution in [3.8, 4) is 0 Å². The summed E-state index contributed by atoms with van der Waals surface area (Å²) >= 11 is 0. The molecule has 0 aromatic heterocycles. The monoisotopic (exact) mass is 227 g/mol. The first-order valence-electron chi connectivity index (χ1n) is 5.26. The number of carbonyl (C=O) groups excluding carboxylic acids is 2. The Morgan fingerprint density at radius 1 is 1.44 bits per heavy atom. The molecular weight excluding hydrogens is 210 g/mol. The predicted molar refractivity (Wildman–Crippen MR) is 57.6 cm³/mol. The summed E-state index contributed by atoms with van der Waals surface area (Å²) in [5.41, 5.74) is 0. The number of esters is 2. The van der Waals surface area contributed by atoms with Crippen LogP contribution in [0, 0.1) is 11.8 Å². The highest BCUT2D eigenvalue weighted by Gasteiger charge is 2.37. The standard InChI is InChI=1S/C11H17NO4/c1-3-6-16-11(14)8-4-5-12-7-9(8)10(13)15-2/h3,8-9,12H,1,4-7H2,2H3. The topological polar surface area (TPSA) is 64.6 Å². The lowest BCUT2D eigenvalue weighted by Gasteiger charge is -2.28. The van der Waals surface area contributed by atoms with E-state index in [1.54, 1.807) is 0 Å². The van der Waals surface area contributed by atoms with Gasteiger partial charge in [-0.2, -0.15) is 0 Å². The third-order valence-electron chi connectivity index (χ3n) is 2.63. The second-order valence-electron chi connectivity index (χ2n) is 3.65. The Kier molecular flexibility index (Phi) is 4.98. The maximum absolute atomic E-state index is 11.7. The fourth-order valence-corrected chi connectivity index (χ4v) is 1.79. The van der Waals surface area contributed by atoms with Crippen LogP contribution >= 0.6 is 0 Å². The molecule has 0 amide bonds. The van der Waals surface area contributed by atoms with Crippen LogP contribution in [0.1, 0.15) is 6.42 Å². The van der Waals surface area contributed by atoms with Crippen molar-refractivity contribution in [1.82, 2.24) is 5.32 Å².